The molecule has 0 saturated carbocycles. The number of urea groups is 1. The molecule has 212 valence electrons. The molecule has 40 heavy (non-hydrogen) atoms. The van der Waals surface area contributed by atoms with Crippen molar-refractivity contribution in [1.29, 1.82) is 0 Å². The van der Waals surface area contributed by atoms with Crippen molar-refractivity contribution in [1.82, 2.24) is 20.2 Å². The minimum atomic E-state index is -3.71. The Balaban J connectivity index is 1.59. The van der Waals surface area contributed by atoms with Crippen LogP contribution in [0, 0.1) is 5.82 Å². The third-order valence-electron chi connectivity index (χ3n) is 7.07. The van der Waals surface area contributed by atoms with Crippen LogP contribution in [0.25, 0.3) is 22.0 Å². The number of carbonyl (C=O) groups is 2. The van der Waals surface area contributed by atoms with Crippen LogP contribution in [0.3, 0.4) is 0 Å². The fourth-order valence-electron chi connectivity index (χ4n) is 5.26. The summed E-state index contributed by atoms with van der Waals surface area (Å²) < 4.78 is 47.7. The Morgan fingerprint density at radius 2 is 1.95 bits per heavy atom. The van der Waals surface area contributed by atoms with Gasteiger partial charge in [0.1, 0.15) is 23.5 Å². The second-order valence-electron chi connectivity index (χ2n) is 10.4. The number of nitrogens with zero attached hydrogens (tertiary/aromatic N) is 4. The number of nitrogens with two attached hydrogens (primary N) is 1. The van der Waals surface area contributed by atoms with E-state index in [9.17, 15) is 18.0 Å². The van der Waals surface area contributed by atoms with E-state index in [0.29, 0.717) is 28.7 Å². The number of hydrogen-bond donors (Lipinski definition) is 3. The molecule has 4 heterocycles. The summed E-state index contributed by atoms with van der Waals surface area (Å²) in [6, 6.07) is 3.90. The van der Waals surface area contributed by atoms with Gasteiger partial charge in [0.2, 0.25) is 21.8 Å². The van der Waals surface area contributed by atoms with Crippen LogP contribution >= 0.6 is 0 Å². The Labute approximate surface area is 230 Å². The number of ether oxygens (including phenoxy) is 1. The molecule has 0 radical (unpaired) electrons. The Kier molecular flexibility index (Phi) is 6.78. The normalized spacial score (nSPS) is 16.0. The number of likely N-dealkylation sites (N-methyl/N-ethyl adjacent to an activating group) is 1. The SMILES string of the molecule is CC(C)NCCOc1ncc(-c2cc3c4c(cnc3cc2F)N(C)C(=O)C42CN(C(N)=O)C2)cc1NS(C)(=O)=O. The van der Waals surface area contributed by atoms with Crippen LogP contribution in [0.2, 0.25) is 0 Å². The molecule has 1 saturated heterocycles. The summed E-state index contributed by atoms with van der Waals surface area (Å²) in [6.45, 7) is 4.93. The standard InChI is InChI=1S/C26H30FN7O5S/c1-14(2)29-5-6-39-23-20(32-40(4,37)38)7-15(10-31-23)16-8-17-19(9-18(16)27)30-11-21-22(17)26(24(35)33(21)3)12-34(13-26)25(28)36/h7-11,14,29,32H,5-6,12-13H2,1-4H3,(H2,28,36). The predicted octanol–water partition coefficient (Wildman–Crippen LogP) is 1.79. The van der Waals surface area contributed by atoms with Gasteiger partial charge in [-0.05, 0) is 12.1 Å². The summed E-state index contributed by atoms with van der Waals surface area (Å²) in [7, 11) is -2.08. The topological polar surface area (TPSA) is 160 Å². The van der Waals surface area contributed by atoms with Crippen molar-refractivity contribution in [2.24, 2.45) is 5.73 Å². The first-order valence-electron chi connectivity index (χ1n) is 12.6. The van der Waals surface area contributed by atoms with Crippen LogP contribution in [0.4, 0.5) is 20.6 Å². The predicted molar refractivity (Wildman–Crippen MR) is 148 cm³/mol. The lowest BCUT2D eigenvalue weighted by atomic mass is 9.73. The molecule has 0 atom stereocenters. The molecule has 2 aliphatic heterocycles. The quantitative estimate of drug-likeness (QED) is 0.345. The summed E-state index contributed by atoms with van der Waals surface area (Å²) in [5.41, 5.74) is 6.43. The van der Waals surface area contributed by atoms with Gasteiger partial charge in [-0.15, -0.1) is 0 Å². The van der Waals surface area contributed by atoms with Gasteiger partial charge in [0.25, 0.3) is 0 Å². The Morgan fingerprint density at radius 1 is 1.23 bits per heavy atom. The molecule has 2 aromatic heterocycles. The van der Waals surface area contributed by atoms with E-state index in [1.54, 1.807) is 13.1 Å². The van der Waals surface area contributed by atoms with Crippen molar-refractivity contribution in [2.75, 3.05) is 49.2 Å². The number of rotatable bonds is 8. The van der Waals surface area contributed by atoms with Gasteiger partial charge >= 0.3 is 6.03 Å². The van der Waals surface area contributed by atoms with Gasteiger partial charge in [0, 0.05) is 67.1 Å². The molecule has 0 unspecified atom stereocenters. The van der Waals surface area contributed by atoms with E-state index in [1.807, 2.05) is 13.8 Å². The minimum absolute atomic E-state index is 0.0515. The number of benzene rings is 1. The highest BCUT2D eigenvalue weighted by Crippen LogP contribution is 2.50. The lowest BCUT2D eigenvalue weighted by molar-refractivity contribution is -0.127. The fourth-order valence-corrected chi connectivity index (χ4v) is 5.80. The van der Waals surface area contributed by atoms with Gasteiger partial charge in [-0.1, -0.05) is 13.8 Å². The smallest absolute Gasteiger partial charge is 0.314 e. The number of anilines is 2. The number of pyridine rings is 2. The van der Waals surface area contributed by atoms with Crippen LogP contribution in [0.1, 0.15) is 19.4 Å². The maximum atomic E-state index is 15.5. The number of hydrogen-bond acceptors (Lipinski definition) is 8. The van der Waals surface area contributed by atoms with E-state index >= 15 is 4.39 Å². The number of fused-ring (bicyclic) bond motifs is 4. The summed E-state index contributed by atoms with van der Waals surface area (Å²) in [6.07, 6.45) is 3.91. The Bertz CT molecular complexity index is 1640. The number of halogens is 1. The first-order chi connectivity index (χ1) is 18.8. The molecule has 14 heteroatoms. The molecule has 3 amide bonds. The van der Waals surface area contributed by atoms with Crippen LogP contribution in [0.15, 0.2) is 30.6 Å². The molecule has 1 spiro atoms. The van der Waals surface area contributed by atoms with Crippen molar-refractivity contribution in [3.05, 3.63) is 42.0 Å². The van der Waals surface area contributed by atoms with Crippen molar-refractivity contribution in [2.45, 2.75) is 25.3 Å². The number of amides is 3. The number of primary amides is 1. The third kappa shape index (κ3) is 4.77. The van der Waals surface area contributed by atoms with Crippen molar-refractivity contribution in [3.63, 3.8) is 0 Å². The number of aromatic nitrogens is 2. The van der Waals surface area contributed by atoms with Gasteiger partial charge in [-0.3, -0.25) is 14.5 Å². The summed E-state index contributed by atoms with van der Waals surface area (Å²) >= 11 is 0. The first-order valence-corrected chi connectivity index (χ1v) is 14.5. The van der Waals surface area contributed by atoms with E-state index in [-0.39, 0.29) is 54.3 Å². The molecule has 0 bridgehead atoms. The largest absolute Gasteiger partial charge is 0.475 e. The lowest BCUT2D eigenvalue weighted by Gasteiger charge is -2.46. The van der Waals surface area contributed by atoms with E-state index in [2.05, 4.69) is 20.0 Å². The highest BCUT2D eigenvalue weighted by atomic mass is 32.2. The molecular weight excluding hydrogens is 541 g/mol. The van der Waals surface area contributed by atoms with Crippen molar-refractivity contribution >= 4 is 44.2 Å². The second-order valence-corrected chi connectivity index (χ2v) is 12.2. The van der Waals surface area contributed by atoms with Crippen LogP contribution < -0.4 is 25.4 Å². The summed E-state index contributed by atoms with van der Waals surface area (Å²) in [4.78, 5) is 36.6. The molecule has 12 nitrogen and oxygen atoms in total. The Hall–Kier alpha value is -4.04. The van der Waals surface area contributed by atoms with E-state index in [4.69, 9.17) is 10.5 Å². The van der Waals surface area contributed by atoms with E-state index in [0.717, 1.165) is 6.26 Å². The number of carbonyl (C=O) groups excluding carboxylic acids is 2. The van der Waals surface area contributed by atoms with E-state index < -0.39 is 27.3 Å². The summed E-state index contributed by atoms with van der Waals surface area (Å²) in [5, 5.41) is 3.73. The highest BCUT2D eigenvalue weighted by Gasteiger charge is 2.59. The van der Waals surface area contributed by atoms with Gasteiger partial charge in [-0.25, -0.2) is 22.6 Å². The van der Waals surface area contributed by atoms with Crippen LogP contribution in [0.5, 0.6) is 5.88 Å². The number of nitrogens with one attached hydrogen (secondary N) is 2. The van der Waals surface area contributed by atoms with Gasteiger partial charge in [0.05, 0.1) is 23.7 Å². The van der Waals surface area contributed by atoms with Gasteiger partial charge in [-0.2, -0.15) is 0 Å². The molecular formula is C26H30FN7O5S. The lowest BCUT2D eigenvalue weighted by Crippen LogP contribution is -2.66. The average Bonchev–Trinajstić information content (AvgIpc) is 3.07. The molecule has 1 fully saturated rings. The number of likely N-dealkylation sites (tertiary alicyclic amines) is 1. The highest BCUT2D eigenvalue weighted by molar-refractivity contribution is 7.92. The average molecular weight is 572 g/mol. The number of sulfonamides is 1. The zero-order chi connectivity index (χ0) is 29.0. The van der Waals surface area contributed by atoms with Gasteiger partial charge < -0.3 is 25.6 Å². The summed E-state index contributed by atoms with van der Waals surface area (Å²) in [5.74, 6) is -0.758. The molecule has 1 aromatic carbocycles. The fraction of sp³-hybridized carbons (Fsp3) is 0.385. The monoisotopic (exact) mass is 571 g/mol. The van der Waals surface area contributed by atoms with E-state index in [1.165, 1.54) is 34.3 Å². The molecule has 5 rings (SSSR count). The zero-order valence-electron chi connectivity index (χ0n) is 22.5. The Morgan fingerprint density at radius 3 is 2.60 bits per heavy atom. The van der Waals surface area contributed by atoms with Crippen LogP contribution in [-0.4, -0.2) is 80.8 Å². The van der Waals surface area contributed by atoms with Gasteiger partial charge in [0.15, 0.2) is 0 Å². The minimum Gasteiger partial charge on any atom is -0.475 e. The maximum Gasteiger partial charge on any atom is 0.314 e. The maximum absolute atomic E-state index is 15.5. The molecule has 2 aliphatic rings. The zero-order valence-corrected chi connectivity index (χ0v) is 23.3. The van der Waals surface area contributed by atoms with Crippen molar-refractivity contribution in [3.8, 4) is 17.0 Å². The second kappa shape index (κ2) is 9.86. The molecule has 0 aliphatic carbocycles. The van der Waals surface area contributed by atoms with Crippen LogP contribution in [-0.2, 0) is 20.2 Å². The molecule has 3 aromatic rings. The van der Waals surface area contributed by atoms with Crippen molar-refractivity contribution < 1.29 is 27.1 Å². The third-order valence-corrected chi connectivity index (χ3v) is 7.67. The first kappa shape index (κ1) is 27.5. The molecule has 4 N–H and O–H groups in total.